The van der Waals surface area contributed by atoms with E-state index in [1.165, 1.54) is 16.9 Å². The van der Waals surface area contributed by atoms with Crippen LogP contribution in [-0.2, 0) is 12.8 Å². The molecule has 1 unspecified atom stereocenters. The molecule has 1 atom stereocenters. The van der Waals surface area contributed by atoms with E-state index < -0.39 is 0 Å². The molecule has 1 aliphatic carbocycles. The van der Waals surface area contributed by atoms with Gasteiger partial charge in [-0.15, -0.1) is 11.3 Å². The van der Waals surface area contributed by atoms with Gasteiger partial charge in [0.25, 0.3) is 5.91 Å². The van der Waals surface area contributed by atoms with E-state index in [9.17, 15) is 4.79 Å². The van der Waals surface area contributed by atoms with Crippen molar-refractivity contribution in [2.45, 2.75) is 38.1 Å². The van der Waals surface area contributed by atoms with Gasteiger partial charge in [0.2, 0.25) is 0 Å². The Hall–Kier alpha value is -2.01. The van der Waals surface area contributed by atoms with Crippen LogP contribution in [0.25, 0.3) is 0 Å². The fraction of sp³-hybridized carbons (Fsp3) is 0.450. The summed E-state index contributed by atoms with van der Waals surface area (Å²) in [5.74, 6) is 1.80. The van der Waals surface area contributed by atoms with Crippen molar-refractivity contribution < 1.29 is 14.3 Å². The predicted octanol–water partition coefficient (Wildman–Crippen LogP) is 3.99. The van der Waals surface area contributed by atoms with Gasteiger partial charge in [-0.1, -0.05) is 6.07 Å². The van der Waals surface area contributed by atoms with Gasteiger partial charge in [0.15, 0.2) is 11.5 Å². The summed E-state index contributed by atoms with van der Waals surface area (Å²) in [5, 5.41) is 0. The molecule has 1 aromatic heterocycles. The summed E-state index contributed by atoms with van der Waals surface area (Å²) in [6.07, 6.45) is 5.56. The van der Waals surface area contributed by atoms with Crippen LogP contribution in [0.15, 0.2) is 24.3 Å². The largest absolute Gasteiger partial charge is 0.486 e. The maximum atomic E-state index is 13.1. The standard InChI is InChI=1S/C20H21NO3S/c22-20(19-12-14-3-1-5-18(14)25-19)21-8-2-4-15(21)13-6-7-16-17(11-13)24-10-9-23-16/h6-7,11-12,15H,1-5,8-10H2. The highest BCUT2D eigenvalue weighted by Crippen LogP contribution is 2.40. The Labute approximate surface area is 151 Å². The second-order valence-electron chi connectivity index (χ2n) is 6.97. The first kappa shape index (κ1) is 15.3. The number of likely N-dealkylation sites (tertiary alicyclic amines) is 1. The lowest BCUT2D eigenvalue weighted by molar-refractivity contribution is 0.0740. The molecule has 1 fully saturated rings. The van der Waals surface area contributed by atoms with Crippen LogP contribution in [-0.4, -0.2) is 30.6 Å². The third kappa shape index (κ3) is 2.61. The molecule has 25 heavy (non-hydrogen) atoms. The summed E-state index contributed by atoms with van der Waals surface area (Å²) in [5.41, 5.74) is 2.54. The highest BCUT2D eigenvalue weighted by atomic mass is 32.1. The Morgan fingerprint density at radius 3 is 2.84 bits per heavy atom. The van der Waals surface area contributed by atoms with E-state index in [4.69, 9.17) is 9.47 Å². The molecule has 0 bridgehead atoms. The quantitative estimate of drug-likeness (QED) is 0.818. The van der Waals surface area contributed by atoms with Gasteiger partial charge in [0, 0.05) is 11.4 Å². The number of nitrogens with zero attached hydrogens (tertiary/aromatic N) is 1. The fourth-order valence-electron chi connectivity index (χ4n) is 4.20. The lowest BCUT2D eigenvalue weighted by Gasteiger charge is -2.26. The molecule has 1 amide bonds. The number of hydrogen-bond acceptors (Lipinski definition) is 4. The summed E-state index contributed by atoms with van der Waals surface area (Å²) in [4.78, 5) is 17.5. The summed E-state index contributed by atoms with van der Waals surface area (Å²) in [6, 6.07) is 8.39. The van der Waals surface area contributed by atoms with Crippen LogP contribution in [0.1, 0.15) is 51.0 Å². The fourth-order valence-corrected chi connectivity index (χ4v) is 5.41. The normalized spacial score (nSPS) is 21.4. The number of carbonyl (C=O) groups excluding carboxylic acids is 1. The van der Waals surface area contributed by atoms with Crippen LogP contribution in [0.2, 0.25) is 0 Å². The Morgan fingerprint density at radius 1 is 1.08 bits per heavy atom. The molecular formula is C20H21NO3S. The molecule has 0 saturated carbocycles. The van der Waals surface area contributed by atoms with Crippen LogP contribution in [0, 0.1) is 0 Å². The van der Waals surface area contributed by atoms with Crippen LogP contribution in [0.5, 0.6) is 11.5 Å². The van der Waals surface area contributed by atoms with E-state index in [1.54, 1.807) is 11.3 Å². The van der Waals surface area contributed by atoms with E-state index in [2.05, 4.69) is 18.2 Å². The number of hydrogen-bond donors (Lipinski definition) is 0. The molecule has 1 aromatic carbocycles. The average molecular weight is 355 g/mol. The van der Waals surface area contributed by atoms with Crippen LogP contribution in [0.4, 0.5) is 0 Å². The van der Waals surface area contributed by atoms with Crippen molar-refractivity contribution in [2.75, 3.05) is 19.8 Å². The molecule has 0 radical (unpaired) electrons. The topological polar surface area (TPSA) is 38.8 Å². The number of benzene rings is 1. The zero-order valence-corrected chi connectivity index (χ0v) is 14.9. The first-order chi connectivity index (χ1) is 12.3. The minimum Gasteiger partial charge on any atom is -0.486 e. The Morgan fingerprint density at radius 2 is 1.96 bits per heavy atom. The monoisotopic (exact) mass is 355 g/mol. The van der Waals surface area contributed by atoms with Gasteiger partial charge in [0.05, 0.1) is 10.9 Å². The van der Waals surface area contributed by atoms with Crippen molar-refractivity contribution in [3.8, 4) is 11.5 Å². The number of rotatable bonds is 2. The summed E-state index contributed by atoms with van der Waals surface area (Å²) in [7, 11) is 0. The highest BCUT2D eigenvalue weighted by Gasteiger charge is 2.33. The maximum absolute atomic E-state index is 13.1. The van der Waals surface area contributed by atoms with Gasteiger partial charge >= 0.3 is 0 Å². The van der Waals surface area contributed by atoms with Gasteiger partial charge in [-0.2, -0.15) is 0 Å². The van der Waals surface area contributed by atoms with Gasteiger partial charge in [0.1, 0.15) is 13.2 Å². The Balaban J connectivity index is 1.42. The van der Waals surface area contributed by atoms with E-state index in [0.717, 1.165) is 54.2 Å². The van der Waals surface area contributed by atoms with Crippen molar-refractivity contribution in [3.63, 3.8) is 0 Å². The molecule has 0 N–H and O–H groups in total. The maximum Gasteiger partial charge on any atom is 0.264 e. The minimum atomic E-state index is 0.139. The minimum absolute atomic E-state index is 0.139. The lowest BCUT2D eigenvalue weighted by atomic mass is 10.0. The van der Waals surface area contributed by atoms with Crippen LogP contribution >= 0.6 is 11.3 Å². The third-order valence-electron chi connectivity index (χ3n) is 5.42. The highest BCUT2D eigenvalue weighted by molar-refractivity contribution is 7.14. The molecule has 130 valence electrons. The van der Waals surface area contributed by atoms with Crippen molar-refractivity contribution in [1.82, 2.24) is 4.90 Å². The molecule has 3 heterocycles. The second kappa shape index (κ2) is 6.06. The number of ether oxygens (including phenoxy) is 2. The Bertz CT molecular complexity index is 807. The van der Waals surface area contributed by atoms with E-state index in [1.807, 2.05) is 11.0 Å². The zero-order chi connectivity index (χ0) is 16.8. The third-order valence-corrected chi connectivity index (χ3v) is 6.65. The van der Waals surface area contributed by atoms with E-state index in [0.29, 0.717) is 13.2 Å². The molecule has 5 rings (SSSR count). The molecule has 1 saturated heterocycles. The van der Waals surface area contributed by atoms with Crippen molar-refractivity contribution in [3.05, 3.63) is 45.1 Å². The average Bonchev–Trinajstić information content (AvgIpc) is 3.36. The number of amides is 1. The van der Waals surface area contributed by atoms with Gasteiger partial charge in [-0.3, -0.25) is 4.79 Å². The summed E-state index contributed by atoms with van der Waals surface area (Å²) >= 11 is 1.70. The first-order valence-corrected chi connectivity index (χ1v) is 9.93. The molecule has 3 aliphatic rings. The van der Waals surface area contributed by atoms with Crippen LogP contribution in [0.3, 0.4) is 0 Å². The summed E-state index contributed by atoms with van der Waals surface area (Å²) < 4.78 is 11.3. The zero-order valence-electron chi connectivity index (χ0n) is 14.1. The molecule has 2 aliphatic heterocycles. The van der Waals surface area contributed by atoms with Gasteiger partial charge in [-0.25, -0.2) is 0 Å². The number of carbonyl (C=O) groups is 1. The second-order valence-corrected chi connectivity index (χ2v) is 8.11. The molecule has 0 spiro atoms. The van der Waals surface area contributed by atoms with Crippen molar-refractivity contribution >= 4 is 17.2 Å². The number of aryl methyl sites for hydroxylation is 2. The predicted molar refractivity (Wildman–Crippen MR) is 96.8 cm³/mol. The van der Waals surface area contributed by atoms with E-state index >= 15 is 0 Å². The van der Waals surface area contributed by atoms with E-state index in [-0.39, 0.29) is 11.9 Å². The Kier molecular flexibility index (Phi) is 3.70. The SMILES string of the molecule is O=C(c1cc2c(s1)CCC2)N1CCCC1c1ccc2c(c1)OCCO2. The van der Waals surface area contributed by atoms with Crippen LogP contribution < -0.4 is 9.47 Å². The molecule has 4 nitrogen and oxygen atoms in total. The van der Waals surface area contributed by atoms with Crippen molar-refractivity contribution in [2.24, 2.45) is 0 Å². The van der Waals surface area contributed by atoms with Gasteiger partial charge in [-0.05, 0) is 61.4 Å². The smallest absolute Gasteiger partial charge is 0.264 e. The lowest BCUT2D eigenvalue weighted by Crippen LogP contribution is -2.30. The molecular weight excluding hydrogens is 334 g/mol. The van der Waals surface area contributed by atoms with Crippen molar-refractivity contribution in [1.29, 1.82) is 0 Å². The number of fused-ring (bicyclic) bond motifs is 2. The number of thiophene rings is 1. The molecule has 5 heteroatoms. The summed E-state index contributed by atoms with van der Waals surface area (Å²) in [6.45, 7) is 2.02. The van der Waals surface area contributed by atoms with Gasteiger partial charge < -0.3 is 14.4 Å². The first-order valence-electron chi connectivity index (χ1n) is 9.12. The molecule has 2 aromatic rings.